The van der Waals surface area contributed by atoms with Gasteiger partial charge in [0.2, 0.25) is 0 Å². The average molecular weight is 372 g/mol. The molecule has 0 aromatic heterocycles. The molecule has 0 rings (SSSR count). The molecule has 1 unspecified atom stereocenters. The first-order valence-electron chi connectivity index (χ1n) is 8.12. The van der Waals surface area contributed by atoms with Crippen LogP contribution >= 0.6 is 0 Å². The van der Waals surface area contributed by atoms with Crippen LogP contribution in [0.25, 0.3) is 0 Å². The summed E-state index contributed by atoms with van der Waals surface area (Å²) in [5.74, 6) is -8.46. The highest BCUT2D eigenvalue weighted by atomic mass is 19.3. The molecule has 0 aliphatic rings. The maximum atomic E-state index is 13.4. The van der Waals surface area contributed by atoms with Crippen LogP contribution < -0.4 is 0 Å². The van der Waals surface area contributed by atoms with Crippen LogP contribution in [0.15, 0.2) is 0 Å². The Morgan fingerprint density at radius 2 is 1.40 bits per heavy atom. The molecule has 0 fully saturated rings. The number of hydrogen-bond donors (Lipinski definition) is 0. The summed E-state index contributed by atoms with van der Waals surface area (Å²) in [4.78, 5) is 23.9. The molecule has 0 aliphatic carbocycles. The zero-order valence-electron chi connectivity index (χ0n) is 15.7. The minimum absolute atomic E-state index is 0.248. The lowest BCUT2D eigenvalue weighted by molar-refractivity contribution is -0.168. The number of halogens is 4. The fraction of sp³-hybridized carbons (Fsp3) is 0.882. The number of ether oxygens (including phenoxy) is 2. The van der Waals surface area contributed by atoms with E-state index in [1.807, 2.05) is 0 Å². The van der Waals surface area contributed by atoms with Gasteiger partial charge in [0.15, 0.2) is 0 Å². The van der Waals surface area contributed by atoms with Crippen molar-refractivity contribution in [3.63, 3.8) is 0 Å². The van der Waals surface area contributed by atoms with Crippen molar-refractivity contribution in [2.75, 3.05) is 13.2 Å². The number of carbonyl (C=O) groups is 2. The van der Waals surface area contributed by atoms with Gasteiger partial charge in [-0.1, -0.05) is 6.92 Å². The number of esters is 2. The summed E-state index contributed by atoms with van der Waals surface area (Å²) >= 11 is 0. The molecular weight excluding hydrogens is 344 g/mol. The van der Waals surface area contributed by atoms with Crippen LogP contribution in [-0.4, -0.2) is 37.0 Å². The first kappa shape index (κ1) is 23.7. The van der Waals surface area contributed by atoms with Gasteiger partial charge in [-0.2, -0.15) is 0 Å². The predicted molar refractivity (Wildman–Crippen MR) is 84.6 cm³/mol. The Bertz CT molecular complexity index is 466. The Morgan fingerprint density at radius 1 is 0.880 bits per heavy atom. The normalized spacial score (nSPS) is 15.4. The third-order valence-corrected chi connectivity index (χ3v) is 3.68. The van der Waals surface area contributed by atoms with E-state index in [4.69, 9.17) is 9.47 Å². The fourth-order valence-electron chi connectivity index (χ4n) is 1.76. The molecule has 4 nitrogen and oxygen atoms in total. The molecule has 0 aromatic rings. The first-order chi connectivity index (χ1) is 11.0. The highest BCUT2D eigenvalue weighted by Gasteiger charge is 2.41. The van der Waals surface area contributed by atoms with E-state index in [9.17, 15) is 27.2 Å². The second-order valence-electron chi connectivity index (χ2n) is 7.73. The number of rotatable bonds is 9. The molecule has 0 amide bonds. The Morgan fingerprint density at radius 3 is 1.80 bits per heavy atom. The Balaban J connectivity index is 4.61. The van der Waals surface area contributed by atoms with Gasteiger partial charge in [-0.05, 0) is 41.0 Å². The molecule has 0 bridgehead atoms. The molecule has 0 saturated heterocycles. The second-order valence-corrected chi connectivity index (χ2v) is 7.73. The summed E-state index contributed by atoms with van der Waals surface area (Å²) in [6, 6.07) is 0. The molecule has 25 heavy (non-hydrogen) atoms. The Labute approximate surface area is 146 Å². The minimum atomic E-state index is -3.64. The minimum Gasteiger partial charge on any atom is -0.465 e. The van der Waals surface area contributed by atoms with Crippen molar-refractivity contribution in [3.05, 3.63) is 0 Å². The molecular formula is C17H28F4O4. The standard InChI is InChI=1S/C17H28F4O4/c1-7-15(5,11-25-12(22)14(2,3)4)13(23)24-9-8-17(20,21)10-16(6,18)19/h7-11H2,1-6H3. The largest absolute Gasteiger partial charge is 0.465 e. The maximum absolute atomic E-state index is 13.4. The summed E-state index contributed by atoms with van der Waals surface area (Å²) in [5.41, 5.74) is -1.93. The average Bonchev–Trinajstić information content (AvgIpc) is 2.40. The van der Waals surface area contributed by atoms with Gasteiger partial charge in [0.25, 0.3) is 11.8 Å². The molecule has 0 aliphatic heterocycles. The molecule has 0 radical (unpaired) electrons. The van der Waals surface area contributed by atoms with Crippen LogP contribution in [0.5, 0.6) is 0 Å². The van der Waals surface area contributed by atoms with E-state index in [0.717, 1.165) is 0 Å². The van der Waals surface area contributed by atoms with Gasteiger partial charge in [0, 0.05) is 6.42 Å². The highest BCUT2D eigenvalue weighted by molar-refractivity contribution is 5.78. The third kappa shape index (κ3) is 9.07. The summed E-state index contributed by atoms with van der Waals surface area (Å²) < 4.78 is 62.1. The molecule has 1 atom stereocenters. The van der Waals surface area contributed by atoms with E-state index in [2.05, 4.69) is 0 Å². The summed E-state index contributed by atoms with van der Waals surface area (Å²) in [6.07, 6.45) is -2.35. The second kappa shape index (κ2) is 8.36. The molecule has 148 valence electrons. The van der Waals surface area contributed by atoms with Crippen LogP contribution in [0.2, 0.25) is 0 Å². The molecule has 8 heteroatoms. The summed E-state index contributed by atoms with van der Waals surface area (Å²) in [7, 11) is 0. The third-order valence-electron chi connectivity index (χ3n) is 3.68. The lowest BCUT2D eigenvalue weighted by Gasteiger charge is -2.28. The van der Waals surface area contributed by atoms with E-state index < -0.39 is 54.1 Å². The van der Waals surface area contributed by atoms with Crippen molar-refractivity contribution in [2.45, 2.75) is 72.6 Å². The van der Waals surface area contributed by atoms with Gasteiger partial charge in [0.05, 0.1) is 23.9 Å². The maximum Gasteiger partial charge on any atom is 0.315 e. The molecule has 0 aromatic carbocycles. The lowest BCUT2D eigenvalue weighted by atomic mass is 9.88. The zero-order valence-corrected chi connectivity index (χ0v) is 15.7. The Hall–Kier alpha value is -1.34. The van der Waals surface area contributed by atoms with Gasteiger partial charge >= 0.3 is 11.9 Å². The summed E-state index contributed by atoms with van der Waals surface area (Å²) in [5, 5.41) is 0. The zero-order chi connectivity index (χ0) is 20.1. The topological polar surface area (TPSA) is 52.6 Å². The van der Waals surface area contributed by atoms with Crippen LogP contribution in [0, 0.1) is 10.8 Å². The lowest BCUT2D eigenvalue weighted by Crippen LogP contribution is -2.37. The number of hydrogen-bond acceptors (Lipinski definition) is 4. The predicted octanol–water partition coefficient (Wildman–Crippen LogP) is 4.61. The highest BCUT2D eigenvalue weighted by Crippen LogP contribution is 2.33. The molecule has 0 saturated carbocycles. The van der Waals surface area contributed by atoms with Crippen LogP contribution in [0.1, 0.15) is 60.8 Å². The number of alkyl halides is 4. The quantitative estimate of drug-likeness (QED) is 0.438. The van der Waals surface area contributed by atoms with Gasteiger partial charge in [-0.25, -0.2) is 17.6 Å². The van der Waals surface area contributed by atoms with Crippen molar-refractivity contribution in [3.8, 4) is 0 Å². The Kier molecular flexibility index (Phi) is 7.91. The van der Waals surface area contributed by atoms with Crippen molar-refractivity contribution < 1.29 is 36.6 Å². The first-order valence-corrected chi connectivity index (χ1v) is 8.12. The fourth-order valence-corrected chi connectivity index (χ4v) is 1.76. The van der Waals surface area contributed by atoms with Crippen molar-refractivity contribution in [1.82, 2.24) is 0 Å². The van der Waals surface area contributed by atoms with Gasteiger partial charge in [-0.15, -0.1) is 0 Å². The van der Waals surface area contributed by atoms with E-state index in [1.165, 1.54) is 6.92 Å². The van der Waals surface area contributed by atoms with Crippen LogP contribution in [-0.2, 0) is 19.1 Å². The van der Waals surface area contributed by atoms with E-state index in [0.29, 0.717) is 6.92 Å². The van der Waals surface area contributed by atoms with Crippen LogP contribution in [0.3, 0.4) is 0 Å². The SMILES string of the molecule is CCC(C)(COC(=O)C(C)(C)C)C(=O)OCCC(F)(F)CC(C)(F)F. The number of carbonyl (C=O) groups excluding carboxylic acids is 2. The summed E-state index contributed by atoms with van der Waals surface area (Å²) in [6.45, 7) is 7.59. The monoisotopic (exact) mass is 372 g/mol. The van der Waals surface area contributed by atoms with Crippen molar-refractivity contribution >= 4 is 11.9 Å². The van der Waals surface area contributed by atoms with E-state index >= 15 is 0 Å². The van der Waals surface area contributed by atoms with Crippen LogP contribution in [0.4, 0.5) is 17.6 Å². The van der Waals surface area contributed by atoms with E-state index in [1.54, 1.807) is 27.7 Å². The van der Waals surface area contributed by atoms with E-state index in [-0.39, 0.29) is 13.0 Å². The van der Waals surface area contributed by atoms with Crippen molar-refractivity contribution in [1.29, 1.82) is 0 Å². The smallest absolute Gasteiger partial charge is 0.315 e. The van der Waals surface area contributed by atoms with Gasteiger partial charge < -0.3 is 9.47 Å². The van der Waals surface area contributed by atoms with Gasteiger partial charge in [-0.3, -0.25) is 9.59 Å². The van der Waals surface area contributed by atoms with Gasteiger partial charge in [0.1, 0.15) is 6.61 Å². The molecule has 0 heterocycles. The van der Waals surface area contributed by atoms with Crippen molar-refractivity contribution in [2.24, 2.45) is 10.8 Å². The molecule has 0 N–H and O–H groups in total. The molecule has 0 spiro atoms.